The summed E-state index contributed by atoms with van der Waals surface area (Å²) in [5, 5.41) is 3.39. The summed E-state index contributed by atoms with van der Waals surface area (Å²) in [4.78, 5) is 28.1. The van der Waals surface area contributed by atoms with Gasteiger partial charge in [-0.15, -0.1) is 0 Å². The van der Waals surface area contributed by atoms with E-state index in [9.17, 15) is 22.4 Å². The SMILES string of the molecule is CCCCNC(=O)C(C)N(Cc1ccc(Cl)c(Cl)c1)C(=O)CN(c1ccc(F)cc1)S(=O)(=O)c1ccc(OC)c(OC)c1. The van der Waals surface area contributed by atoms with E-state index in [0.29, 0.717) is 22.9 Å². The Labute approximate surface area is 261 Å². The third-order valence-corrected chi connectivity index (χ3v) is 9.18. The van der Waals surface area contributed by atoms with Crippen molar-refractivity contribution in [2.24, 2.45) is 0 Å². The van der Waals surface area contributed by atoms with E-state index >= 15 is 0 Å². The number of sulfonamides is 1. The molecular weight excluding hydrogens is 620 g/mol. The highest BCUT2D eigenvalue weighted by molar-refractivity contribution is 7.92. The van der Waals surface area contributed by atoms with Crippen LogP contribution in [0.5, 0.6) is 11.5 Å². The number of methoxy groups -OCH3 is 2. The molecule has 2 amide bonds. The molecule has 9 nitrogen and oxygen atoms in total. The van der Waals surface area contributed by atoms with Gasteiger partial charge in [-0.1, -0.05) is 42.6 Å². The maximum atomic E-state index is 14.0. The minimum Gasteiger partial charge on any atom is -0.493 e. The molecule has 3 aromatic rings. The number of benzene rings is 3. The fraction of sp³-hybridized carbons (Fsp3) is 0.333. The molecule has 0 aliphatic rings. The van der Waals surface area contributed by atoms with Gasteiger partial charge in [0.05, 0.1) is 34.8 Å². The van der Waals surface area contributed by atoms with Gasteiger partial charge in [0, 0.05) is 19.2 Å². The zero-order chi connectivity index (χ0) is 31.7. The number of hydrogen-bond donors (Lipinski definition) is 1. The van der Waals surface area contributed by atoms with Crippen molar-refractivity contribution < 1.29 is 31.9 Å². The van der Waals surface area contributed by atoms with Crippen LogP contribution in [0.1, 0.15) is 32.3 Å². The normalized spacial score (nSPS) is 11.9. The fourth-order valence-electron chi connectivity index (χ4n) is 4.19. The number of halogens is 3. The summed E-state index contributed by atoms with van der Waals surface area (Å²) in [6.45, 7) is 3.20. The molecule has 43 heavy (non-hydrogen) atoms. The van der Waals surface area contributed by atoms with Gasteiger partial charge in [-0.05, 0) is 67.4 Å². The van der Waals surface area contributed by atoms with Gasteiger partial charge in [0.1, 0.15) is 18.4 Å². The van der Waals surface area contributed by atoms with Gasteiger partial charge >= 0.3 is 0 Å². The van der Waals surface area contributed by atoms with E-state index in [1.54, 1.807) is 25.1 Å². The number of carbonyl (C=O) groups excluding carboxylic acids is 2. The van der Waals surface area contributed by atoms with Gasteiger partial charge in [-0.3, -0.25) is 13.9 Å². The second kappa shape index (κ2) is 15.3. The molecule has 0 spiro atoms. The summed E-state index contributed by atoms with van der Waals surface area (Å²) < 4.78 is 53.2. The van der Waals surface area contributed by atoms with Gasteiger partial charge in [-0.2, -0.15) is 0 Å². The number of amides is 2. The van der Waals surface area contributed by atoms with Gasteiger partial charge in [0.2, 0.25) is 11.8 Å². The Morgan fingerprint density at radius 1 is 0.953 bits per heavy atom. The molecule has 0 bridgehead atoms. The number of nitrogens with zero attached hydrogens (tertiary/aromatic N) is 2. The molecule has 0 saturated carbocycles. The first kappa shape index (κ1) is 34.0. The number of ether oxygens (including phenoxy) is 2. The van der Waals surface area contributed by atoms with Crippen molar-refractivity contribution in [3.05, 3.63) is 82.1 Å². The lowest BCUT2D eigenvalue weighted by Gasteiger charge is -2.32. The Kier molecular flexibility index (Phi) is 12.1. The Hall–Kier alpha value is -3.54. The summed E-state index contributed by atoms with van der Waals surface area (Å²) in [5.74, 6) is -1.21. The molecule has 0 aliphatic carbocycles. The zero-order valence-electron chi connectivity index (χ0n) is 24.3. The lowest BCUT2D eigenvalue weighted by atomic mass is 10.1. The molecule has 13 heteroatoms. The molecule has 0 saturated heterocycles. The van der Waals surface area contributed by atoms with Gasteiger partial charge in [0.15, 0.2) is 11.5 Å². The van der Waals surface area contributed by atoms with Crippen molar-refractivity contribution in [2.45, 2.75) is 44.2 Å². The Balaban J connectivity index is 2.05. The number of nitrogens with one attached hydrogen (secondary N) is 1. The Morgan fingerprint density at radius 2 is 1.63 bits per heavy atom. The molecule has 0 aromatic heterocycles. The first-order valence-electron chi connectivity index (χ1n) is 13.4. The summed E-state index contributed by atoms with van der Waals surface area (Å²) in [6.07, 6.45) is 1.61. The highest BCUT2D eigenvalue weighted by atomic mass is 35.5. The maximum Gasteiger partial charge on any atom is 0.264 e. The van der Waals surface area contributed by atoms with Crippen LogP contribution in [-0.4, -0.2) is 58.5 Å². The quantitative estimate of drug-likeness (QED) is 0.225. The second-order valence-electron chi connectivity index (χ2n) is 9.60. The molecule has 1 atom stereocenters. The Bertz CT molecular complexity index is 1540. The van der Waals surface area contributed by atoms with Crippen molar-refractivity contribution in [3.63, 3.8) is 0 Å². The monoisotopic (exact) mass is 653 g/mol. The fourth-order valence-corrected chi connectivity index (χ4v) is 5.94. The average molecular weight is 655 g/mol. The lowest BCUT2D eigenvalue weighted by Crippen LogP contribution is -2.51. The van der Waals surface area contributed by atoms with E-state index in [2.05, 4.69) is 5.32 Å². The second-order valence-corrected chi connectivity index (χ2v) is 12.3. The molecule has 0 radical (unpaired) electrons. The van der Waals surface area contributed by atoms with Gasteiger partial charge < -0.3 is 19.7 Å². The summed E-state index contributed by atoms with van der Waals surface area (Å²) in [7, 11) is -1.63. The minimum atomic E-state index is -4.41. The molecular formula is C30H34Cl2FN3O6S. The van der Waals surface area contributed by atoms with Gasteiger partial charge in [-0.25, -0.2) is 12.8 Å². The summed E-state index contributed by atoms with van der Waals surface area (Å²) >= 11 is 12.3. The van der Waals surface area contributed by atoms with Crippen molar-refractivity contribution >= 4 is 50.7 Å². The van der Waals surface area contributed by atoms with Crippen LogP contribution in [-0.2, 0) is 26.2 Å². The number of unbranched alkanes of at least 4 members (excludes halogenated alkanes) is 1. The average Bonchev–Trinajstić information content (AvgIpc) is 3.00. The van der Waals surface area contributed by atoms with Crippen molar-refractivity contribution in [1.29, 1.82) is 0 Å². The molecule has 0 heterocycles. The van der Waals surface area contributed by atoms with E-state index < -0.39 is 40.2 Å². The minimum absolute atomic E-state index is 0.0408. The topological polar surface area (TPSA) is 105 Å². The van der Waals surface area contributed by atoms with Crippen molar-refractivity contribution in [2.75, 3.05) is 31.6 Å². The Morgan fingerprint density at radius 3 is 2.23 bits per heavy atom. The van der Waals surface area contributed by atoms with E-state index in [1.807, 2.05) is 6.92 Å². The van der Waals surface area contributed by atoms with E-state index in [1.165, 1.54) is 49.5 Å². The van der Waals surface area contributed by atoms with Crippen LogP contribution >= 0.6 is 23.2 Å². The molecule has 0 fully saturated rings. The highest BCUT2D eigenvalue weighted by Gasteiger charge is 2.33. The van der Waals surface area contributed by atoms with Gasteiger partial charge in [0.25, 0.3) is 10.0 Å². The van der Waals surface area contributed by atoms with Crippen LogP contribution in [0, 0.1) is 5.82 Å². The van der Waals surface area contributed by atoms with Crippen LogP contribution in [0.15, 0.2) is 65.6 Å². The van der Waals surface area contributed by atoms with E-state index in [4.69, 9.17) is 32.7 Å². The number of hydrogen-bond acceptors (Lipinski definition) is 6. The van der Waals surface area contributed by atoms with Crippen LogP contribution in [0.25, 0.3) is 0 Å². The predicted octanol–water partition coefficient (Wildman–Crippen LogP) is 5.68. The first-order valence-corrected chi connectivity index (χ1v) is 15.6. The molecule has 3 aromatic carbocycles. The number of rotatable bonds is 14. The van der Waals surface area contributed by atoms with E-state index in [-0.39, 0.29) is 27.9 Å². The molecule has 0 aliphatic heterocycles. The first-order chi connectivity index (χ1) is 20.4. The zero-order valence-corrected chi connectivity index (χ0v) is 26.6. The predicted molar refractivity (Wildman–Crippen MR) is 165 cm³/mol. The highest BCUT2D eigenvalue weighted by Crippen LogP contribution is 2.32. The maximum absolute atomic E-state index is 14.0. The van der Waals surface area contributed by atoms with Crippen LogP contribution < -0.4 is 19.1 Å². The molecule has 3 rings (SSSR count). The lowest BCUT2D eigenvalue weighted by molar-refractivity contribution is -0.139. The van der Waals surface area contributed by atoms with Crippen LogP contribution in [0.3, 0.4) is 0 Å². The standard InChI is InChI=1S/C30H34Cl2FN3O6S/c1-5-6-15-34-30(38)20(2)35(18-21-7-13-25(31)26(32)16-21)29(37)19-36(23-10-8-22(33)9-11-23)43(39,40)24-12-14-27(41-3)28(17-24)42-4/h7-14,16-17,20H,5-6,15,18-19H2,1-4H3,(H,34,38). The third kappa shape index (κ3) is 8.52. The smallest absolute Gasteiger partial charge is 0.264 e. The summed E-state index contributed by atoms with van der Waals surface area (Å²) in [5.41, 5.74) is 0.617. The van der Waals surface area contributed by atoms with Crippen LogP contribution in [0.2, 0.25) is 10.0 Å². The third-order valence-electron chi connectivity index (χ3n) is 6.67. The molecule has 232 valence electrons. The summed E-state index contributed by atoms with van der Waals surface area (Å²) in [6, 6.07) is 12.5. The van der Waals surface area contributed by atoms with Crippen molar-refractivity contribution in [1.82, 2.24) is 10.2 Å². The molecule has 1 unspecified atom stereocenters. The van der Waals surface area contributed by atoms with Crippen molar-refractivity contribution in [3.8, 4) is 11.5 Å². The number of carbonyl (C=O) groups is 2. The number of anilines is 1. The van der Waals surface area contributed by atoms with Crippen LogP contribution in [0.4, 0.5) is 10.1 Å². The molecule has 1 N–H and O–H groups in total. The van der Waals surface area contributed by atoms with E-state index in [0.717, 1.165) is 29.3 Å². The largest absolute Gasteiger partial charge is 0.493 e.